The van der Waals surface area contributed by atoms with Crippen molar-refractivity contribution in [3.63, 3.8) is 0 Å². The molecule has 0 aliphatic heterocycles. The van der Waals surface area contributed by atoms with Crippen molar-refractivity contribution in [3.05, 3.63) is 166 Å². The molecule has 8 aromatic carbocycles. The van der Waals surface area contributed by atoms with Crippen LogP contribution in [0.25, 0.3) is 21.5 Å². The summed E-state index contributed by atoms with van der Waals surface area (Å²) < 4.78 is 77.9. The monoisotopic (exact) mass is 1240 g/mol. The maximum absolute atomic E-state index is 13.4. The fourth-order valence-corrected chi connectivity index (χ4v) is 10.7. The van der Waals surface area contributed by atoms with Crippen molar-refractivity contribution < 1.29 is 55.5 Å². The van der Waals surface area contributed by atoms with Crippen LogP contribution in [0.3, 0.4) is 0 Å². The number of aromatic hydroxyl groups is 1. The number of nitrogens with one attached hydrogen (secondary N) is 1. The maximum atomic E-state index is 13.4. The van der Waals surface area contributed by atoms with Crippen LogP contribution in [0.4, 0.5) is 34.1 Å². The fourth-order valence-electron chi connectivity index (χ4n) is 7.99. The molecule has 0 aliphatic rings. The Hall–Kier alpha value is -6.41. The molecule has 8 aromatic rings. The summed E-state index contributed by atoms with van der Waals surface area (Å²) in [5.74, 6) is -1.32. The van der Waals surface area contributed by atoms with Gasteiger partial charge in [0.05, 0.1) is 51.6 Å². The molecule has 18 nitrogen and oxygen atoms in total. The molecule has 4 N–H and O–H groups in total. The first-order valence-corrected chi connectivity index (χ1v) is 26.8. The number of azo groups is 2. The van der Waals surface area contributed by atoms with Gasteiger partial charge in [0, 0.05) is 39.7 Å². The van der Waals surface area contributed by atoms with Crippen molar-refractivity contribution in [2.75, 3.05) is 18.5 Å². The second-order valence-electron chi connectivity index (χ2n) is 16.2. The quantitative estimate of drug-likeness (QED) is 0.0231. The summed E-state index contributed by atoms with van der Waals surface area (Å²) in [6.07, 6.45) is 0.341. The van der Waals surface area contributed by atoms with E-state index in [2.05, 4.69) is 30.8 Å². The number of fused-ring (bicyclic) bond motifs is 2. The first-order chi connectivity index (χ1) is 36.3. The Labute approximate surface area is 493 Å². The largest absolute Gasteiger partial charge is 2.00 e. The van der Waals surface area contributed by atoms with Crippen molar-refractivity contribution in [1.82, 2.24) is 0 Å². The predicted molar refractivity (Wildman–Crippen MR) is 294 cm³/mol. The van der Waals surface area contributed by atoms with Gasteiger partial charge in [-0.1, -0.05) is 103 Å². The van der Waals surface area contributed by atoms with Gasteiger partial charge in [-0.25, -0.2) is 0 Å². The van der Waals surface area contributed by atoms with Crippen molar-refractivity contribution in [1.29, 1.82) is 0 Å². The molecule has 23 heteroatoms. The molecule has 0 radical (unpaired) electrons. The SMILES string of the molecule is CCOc1cccc(N=C([O-])c2cc3ccccc3c(N=Nc3ccc(Cl)c(S(=O)(=O)O)c3CC)c2[O-])c1.CCOc1cccc(NC(=O)c2cc3ccccc3c(N=Nc3ccc(Cl)c(S(=O)(=O)O)c3CC)c2O)c1.[Ba+2]. The number of carbonyl (C=O) groups excluding carboxylic acids is 1. The summed E-state index contributed by atoms with van der Waals surface area (Å²) in [6, 6.07) is 35.8. The molecule has 0 saturated carbocycles. The van der Waals surface area contributed by atoms with E-state index < -0.39 is 53.3 Å². The Morgan fingerprint density at radius 1 is 0.610 bits per heavy atom. The van der Waals surface area contributed by atoms with Crippen LogP contribution in [0.1, 0.15) is 54.7 Å². The molecule has 0 bridgehead atoms. The van der Waals surface area contributed by atoms with Gasteiger partial charge in [-0.3, -0.25) is 18.9 Å². The summed E-state index contributed by atoms with van der Waals surface area (Å²) in [5, 5.41) is 58.8. The molecule has 0 fully saturated rings. The third-order valence-corrected chi connectivity index (χ3v) is 14.1. The van der Waals surface area contributed by atoms with E-state index in [-0.39, 0.29) is 117 Å². The number of amides is 1. The molecule has 0 heterocycles. The first-order valence-electron chi connectivity index (χ1n) is 23.2. The van der Waals surface area contributed by atoms with Crippen LogP contribution in [0.2, 0.25) is 10.0 Å². The first kappa shape index (κ1) is 59.8. The van der Waals surface area contributed by atoms with E-state index in [0.717, 1.165) is 0 Å². The van der Waals surface area contributed by atoms with Gasteiger partial charge in [0.25, 0.3) is 26.1 Å². The number of rotatable bonds is 16. The van der Waals surface area contributed by atoms with Crippen LogP contribution in [-0.4, -0.2) is 105 Å². The van der Waals surface area contributed by atoms with Crippen LogP contribution in [0, 0.1) is 0 Å². The minimum Gasteiger partial charge on any atom is -0.871 e. The topological polar surface area (TPSA) is 284 Å². The molecule has 0 aliphatic carbocycles. The van der Waals surface area contributed by atoms with Crippen LogP contribution < -0.4 is 25.0 Å². The number of anilines is 1. The molecule has 0 aromatic heterocycles. The van der Waals surface area contributed by atoms with Gasteiger partial charge in [-0.15, -0.1) is 5.11 Å². The number of ether oxygens (including phenoxy) is 2. The molecule has 0 saturated heterocycles. The second-order valence-corrected chi connectivity index (χ2v) is 19.8. The Kier molecular flexibility index (Phi) is 20.4. The number of phenolic OH excluding ortho intramolecular Hbond substituents is 1. The Morgan fingerprint density at radius 3 is 1.61 bits per heavy atom. The van der Waals surface area contributed by atoms with E-state index in [1.807, 2.05) is 13.8 Å². The average Bonchev–Trinajstić information content (AvgIpc) is 3.39. The standard InChI is InChI=1S/2C27H24ClN3O6S.Ba/c2*1-3-19-23(13-12-22(28)26(19)38(34,35)36)30-31-24-20-11-6-5-8-16(20)14-21(25(24)32)27(33)29-17-9-7-10-18(15-17)37-4-2;/h2*5-15,32H,3-4H2,1-2H3,(H,29,33)(H,34,35,36);/q;;+2/p-2. The number of phenols is 1. The zero-order valence-electron chi connectivity index (χ0n) is 41.6. The number of hydrogen-bond acceptors (Lipinski definition) is 15. The summed E-state index contributed by atoms with van der Waals surface area (Å²) >= 11 is 12.0. The summed E-state index contributed by atoms with van der Waals surface area (Å²) in [7, 11) is -9.26. The maximum Gasteiger partial charge on any atom is 2.00 e. The molecule has 1 amide bonds. The van der Waals surface area contributed by atoms with Crippen LogP contribution in [0.15, 0.2) is 169 Å². The van der Waals surface area contributed by atoms with Crippen molar-refractivity contribution in [2.45, 2.75) is 50.3 Å². The molecule has 0 spiro atoms. The number of halogens is 2. The van der Waals surface area contributed by atoms with Gasteiger partial charge in [0.15, 0.2) is 5.75 Å². The number of aliphatic imine (C=N–C) groups is 1. The van der Waals surface area contributed by atoms with Gasteiger partial charge in [-0.2, -0.15) is 32.2 Å². The third-order valence-electron chi connectivity index (χ3n) is 11.3. The Morgan fingerprint density at radius 2 is 1.09 bits per heavy atom. The minimum absolute atomic E-state index is 0. The van der Waals surface area contributed by atoms with Crippen LogP contribution in [0.5, 0.6) is 23.0 Å². The van der Waals surface area contributed by atoms with E-state index in [1.165, 1.54) is 30.3 Å². The summed E-state index contributed by atoms with van der Waals surface area (Å²) in [6.45, 7) is 7.94. The molecule has 77 heavy (non-hydrogen) atoms. The van der Waals surface area contributed by atoms with E-state index in [0.29, 0.717) is 57.6 Å². The summed E-state index contributed by atoms with van der Waals surface area (Å²) in [5.41, 5.74) is 0.989. The van der Waals surface area contributed by atoms with E-state index in [9.17, 15) is 46.1 Å². The molecular formula is C54H46BaCl2N6O12S2. The third kappa shape index (κ3) is 14.2. The molecular weight excluding hydrogens is 1200 g/mol. The van der Waals surface area contributed by atoms with Gasteiger partial charge in [0.2, 0.25) is 0 Å². The number of nitrogens with zero attached hydrogens (tertiary/aromatic N) is 5. The summed E-state index contributed by atoms with van der Waals surface area (Å²) in [4.78, 5) is 16.3. The number of hydrogen-bond donors (Lipinski definition) is 4. The molecule has 0 atom stereocenters. The van der Waals surface area contributed by atoms with E-state index in [1.54, 1.807) is 117 Å². The average molecular weight is 1240 g/mol. The van der Waals surface area contributed by atoms with Gasteiger partial charge >= 0.3 is 48.9 Å². The Balaban J connectivity index is 0.000000246. The minimum atomic E-state index is -4.64. The van der Waals surface area contributed by atoms with Crippen molar-refractivity contribution >= 4 is 160 Å². The molecule has 8 rings (SSSR count). The van der Waals surface area contributed by atoms with Crippen LogP contribution >= 0.6 is 23.2 Å². The zero-order chi connectivity index (χ0) is 54.9. The van der Waals surface area contributed by atoms with Gasteiger partial charge < -0.3 is 30.1 Å². The second kappa shape index (κ2) is 26.3. The van der Waals surface area contributed by atoms with Crippen molar-refractivity contribution in [2.24, 2.45) is 25.4 Å². The fraction of sp³-hybridized carbons (Fsp3) is 0.148. The van der Waals surface area contributed by atoms with Crippen molar-refractivity contribution in [3.8, 4) is 23.0 Å². The van der Waals surface area contributed by atoms with Crippen LogP contribution in [-0.2, 0) is 33.1 Å². The van der Waals surface area contributed by atoms with Gasteiger partial charge in [0.1, 0.15) is 27.0 Å². The van der Waals surface area contributed by atoms with E-state index in [4.69, 9.17) is 32.7 Å². The predicted octanol–water partition coefficient (Wildman–Crippen LogP) is 12.3. The van der Waals surface area contributed by atoms with E-state index >= 15 is 0 Å². The Bertz CT molecular complexity index is 3860. The number of benzene rings is 8. The smallest absolute Gasteiger partial charge is 0.871 e. The van der Waals surface area contributed by atoms with Gasteiger partial charge in [-0.05, 0) is 110 Å². The number of carbonyl (C=O) groups is 1. The molecule has 0 unspecified atom stereocenters. The molecule has 392 valence electrons. The normalized spacial score (nSPS) is 11.9. The zero-order valence-corrected chi connectivity index (χ0v) is 49.1.